The van der Waals surface area contributed by atoms with Crippen LogP contribution in [0.3, 0.4) is 0 Å². The number of aromatic carboxylic acids is 4. The fourth-order valence-corrected chi connectivity index (χ4v) is 2.49. The van der Waals surface area contributed by atoms with E-state index in [0.717, 1.165) is 24.3 Å². The maximum Gasteiger partial charge on any atom is 0.336 e. The minimum absolute atomic E-state index is 0.0996. The van der Waals surface area contributed by atoms with Gasteiger partial charge < -0.3 is 25.5 Å². The van der Waals surface area contributed by atoms with Gasteiger partial charge in [0.15, 0.2) is 0 Å². The Morgan fingerprint density at radius 3 is 1.77 bits per heavy atom. The van der Waals surface area contributed by atoms with Gasteiger partial charge in [0.2, 0.25) is 0 Å². The molecule has 9 nitrogen and oxygen atoms in total. The van der Waals surface area contributed by atoms with Crippen LogP contribution in [0.25, 0.3) is 0 Å². The van der Waals surface area contributed by atoms with Crippen LogP contribution in [0.1, 0.15) is 58.7 Å². The molecule has 0 fully saturated rings. The number of aliphatic hydroxyl groups is 1. The molecule has 5 N–H and O–H groups in total. The van der Waals surface area contributed by atoms with Gasteiger partial charge in [0.25, 0.3) is 0 Å². The predicted octanol–water partition coefficient (Wildman–Crippen LogP) is 1.56. The first-order valence-electron chi connectivity index (χ1n) is 7.03. The number of carbonyl (C=O) groups is 4. The van der Waals surface area contributed by atoms with Gasteiger partial charge in [-0.05, 0) is 23.8 Å². The lowest BCUT2D eigenvalue weighted by Gasteiger charge is -2.16. The van der Waals surface area contributed by atoms with Crippen molar-refractivity contribution in [1.29, 1.82) is 0 Å². The lowest BCUT2D eigenvalue weighted by Crippen LogP contribution is -2.15. The highest BCUT2D eigenvalue weighted by molar-refractivity contribution is 6.03. The average Bonchev–Trinajstić information content (AvgIpc) is 2.59. The number of carboxylic acids is 4. The molecule has 0 aliphatic rings. The first-order valence-corrected chi connectivity index (χ1v) is 7.03. The molecule has 0 saturated carbocycles. The zero-order chi connectivity index (χ0) is 19.6. The first-order chi connectivity index (χ1) is 12.1. The number of hydrogen-bond acceptors (Lipinski definition) is 5. The van der Waals surface area contributed by atoms with Crippen molar-refractivity contribution in [3.8, 4) is 0 Å². The summed E-state index contributed by atoms with van der Waals surface area (Å²) < 4.78 is 0. The Bertz CT molecular complexity index is 930. The predicted molar refractivity (Wildman–Crippen MR) is 84.8 cm³/mol. The van der Waals surface area contributed by atoms with Gasteiger partial charge in [0.1, 0.15) is 6.10 Å². The van der Waals surface area contributed by atoms with Gasteiger partial charge >= 0.3 is 23.9 Å². The molecule has 0 heterocycles. The number of aliphatic hydroxyl groups excluding tert-OH is 1. The van der Waals surface area contributed by atoms with Crippen molar-refractivity contribution in [2.45, 2.75) is 6.10 Å². The van der Waals surface area contributed by atoms with Crippen molar-refractivity contribution in [3.05, 3.63) is 69.8 Å². The Kier molecular flexibility index (Phi) is 5.03. The highest BCUT2D eigenvalue weighted by Crippen LogP contribution is 2.29. The molecular formula is C17H12O9. The fraction of sp³-hybridized carbons (Fsp3) is 0.0588. The lowest BCUT2D eigenvalue weighted by molar-refractivity contribution is 0.0647. The summed E-state index contributed by atoms with van der Waals surface area (Å²) in [5, 5.41) is 47.0. The molecule has 0 saturated heterocycles. The van der Waals surface area contributed by atoms with E-state index in [-0.39, 0.29) is 11.1 Å². The van der Waals surface area contributed by atoms with E-state index in [1.165, 1.54) is 12.1 Å². The van der Waals surface area contributed by atoms with Gasteiger partial charge in [-0.2, -0.15) is 0 Å². The molecule has 1 unspecified atom stereocenters. The van der Waals surface area contributed by atoms with E-state index >= 15 is 0 Å². The first kappa shape index (κ1) is 18.6. The van der Waals surface area contributed by atoms with Gasteiger partial charge in [-0.15, -0.1) is 0 Å². The third kappa shape index (κ3) is 3.37. The maximum absolute atomic E-state index is 11.5. The number of rotatable bonds is 6. The summed E-state index contributed by atoms with van der Waals surface area (Å²) in [7, 11) is 0. The van der Waals surface area contributed by atoms with E-state index in [0.29, 0.717) is 0 Å². The van der Waals surface area contributed by atoms with Crippen LogP contribution < -0.4 is 0 Å². The van der Waals surface area contributed by atoms with E-state index in [2.05, 4.69) is 0 Å². The van der Waals surface area contributed by atoms with Crippen LogP contribution in [0.4, 0.5) is 0 Å². The van der Waals surface area contributed by atoms with E-state index in [4.69, 9.17) is 15.3 Å². The van der Waals surface area contributed by atoms with Crippen molar-refractivity contribution in [2.24, 2.45) is 0 Å². The molecule has 0 aliphatic carbocycles. The second kappa shape index (κ2) is 7.03. The van der Waals surface area contributed by atoms with Crippen molar-refractivity contribution in [2.75, 3.05) is 0 Å². The summed E-state index contributed by atoms with van der Waals surface area (Å²) in [6, 6.07) is 6.46. The molecule has 0 aliphatic heterocycles. The third-order valence-corrected chi connectivity index (χ3v) is 3.66. The van der Waals surface area contributed by atoms with E-state index in [1.807, 2.05) is 0 Å². The minimum atomic E-state index is -1.68. The molecule has 0 radical (unpaired) electrons. The van der Waals surface area contributed by atoms with Gasteiger partial charge in [-0.25, -0.2) is 19.2 Å². The second-order valence-electron chi connectivity index (χ2n) is 5.20. The second-order valence-corrected chi connectivity index (χ2v) is 5.20. The van der Waals surface area contributed by atoms with E-state index in [9.17, 15) is 29.4 Å². The van der Waals surface area contributed by atoms with Crippen molar-refractivity contribution >= 4 is 23.9 Å². The van der Waals surface area contributed by atoms with E-state index in [1.54, 1.807) is 0 Å². The molecule has 0 spiro atoms. The number of hydrogen-bond donors (Lipinski definition) is 5. The normalized spacial score (nSPS) is 11.6. The quantitative estimate of drug-likeness (QED) is 0.513. The van der Waals surface area contributed by atoms with Gasteiger partial charge in [0.05, 0.1) is 22.3 Å². The molecular weight excluding hydrogens is 348 g/mol. The smallest absolute Gasteiger partial charge is 0.336 e. The molecule has 2 aromatic rings. The summed E-state index contributed by atoms with van der Waals surface area (Å²) >= 11 is 0. The maximum atomic E-state index is 11.5. The summed E-state index contributed by atoms with van der Waals surface area (Å²) in [5.74, 6) is -6.13. The molecule has 26 heavy (non-hydrogen) atoms. The Balaban J connectivity index is 2.65. The van der Waals surface area contributed by atoms with Crippen LogP contribution >= 0.6 is 0 Å². The summed E-state index contributed by atoms with van der Waals surface area (Å²) in [6.45, 7) is 0. The van der Waals surface area contributed by atoms with Gasteiger partial charge in [0, 0.05) is 5.56 Å². The highest BCUT2D eigenvalue weighted by Gasteiger charge is 2.26. The Labute approximate surface area is 145 Å². The van der Waals surface area contributed by atoms with Crippen LogP contribution in [0, 0.1) is 0 Å². The molecule has 2 aromatic carbocycles. The molecule has 2 rings (SSSR count). The largest absolute Gasteiger partial charge is 0.478 e. The Hall–Kier alpha value is -3.72. The number of carboxylic acid groups (broad SMARTS) is 4. The summed E-state index contributed by atoms with van der Waals surface area (Å²) in [5.41, 5.74) is -2.66. The van der Waals surface area contributed by atoms with Crippen molar-refractivity contribution < 1.29 is 44.7 Å². The van der Waals surface area contributed by atoms with Crippen LogP contribution in [0.2, 0.25) is 0 Å². The van der Waals surface area contributed by atoms with Crippen LogP contribution in [-0.4, -0.2) is 49.4 Å². The molecule has 1 atom stereocenters. The van der Waals surface area contributed by atoms with Crippen molar-refractivity contribution in [3.63, 3.8) is 0 Å². The van der Waals surface area contributed by atoms with Crippen LogP contribution in [0.5, 0.6) is 0 Å². The monoisotopic (exact) mass is 360 g/mol. The van der Waals surface area contributed by atoms with E-state index < -0.39 is 52.2 Å². The molecule has 0 amide bonds. The van der Waals surface area contributed by atoms with Crippen LogP contribution in [0.15, 0.2) is 36.4 Å². The van der Waals surface area contributed by atoms with Crippen LogP contribution in [-0.2, 0) is 0 Å². The standard InChI is InChI=1S/C17H12O9/c18-13(7-4-5-8(14(19)20)11(6-7)16(23)24)9-2-1-3-10(15(21)22)12(9)17(25)26/h1-6,13,18H,(H,19,20)(H,21,22)(H,23,24)(H,25,26). The Morgan fingerprint density at radius 2 is 1.27 bits per heavy atom. The van der Waals surface area contributed by atoms with Gasteiger partial charge in [-0.3, -0.25) is 0 Å². The molecule has 0 aromatic heterocycles. The zero-order valence-electron chi connectivity index (χ0n) is 12.9. The fourth-order valence-electron chi connectivity index (χ4n) is 2.49. The molecule has 0 bridgehead atoms. The minimum Gasteiger partial charge on any atom is -0.478 e. The molecule has 9 heteroatoms. The summed E-state index contributed by atoms with van der Waals surface area (Å²) in [6.07, 6.45) is -1.68. The third-order valence-electron chi connectivity index (χ3n) is 3.66. The zero-order valence-corrected chi connectivity index (χ0v) is 12.9. The SMILES string of the molecule is O=C(O)c1ccc(C(O)c2cccc(C(=O)O)c2C(=O)O)cc1C(=O)O. The lowest BCUT2D eigenvalue weighted by atomic mass is 9.91. The molecule has 134 valence electrons. The van der Waals surface area contributed by atoms with Gasteiger partial charge in [-0.1, -0.05) is 18.2 Å². The topological polar surface area (TPSA) is 169 Å². The number of benzene rings is 2. The summed E-state index contributed by atoms with van der Waals surface area (Å²) in [4.78, 5) is 45.0. The average molecular weight is 360 g/mol. The van der Waals surface area contributed by atoms with Crippen molar-refractivity contribution in [1.82, 2.24) is 0 Å². The highest BCUT2D eigenvalue weighted by atomic mass is 16.4. The Morgan fingerprint density at radius 1 is 0.692 bits per heavy atom.